The summed E-state index contributed by atoms with van der Waals surface area (Å²) in [5, 5.41) is 18.9. The predicted molar refractivity (Wildman–Crippen MR) is 40.0 cm³/mol. The average Bonchev–Trinajstić information content (AvgIpc) is 2.04. The highest BCUT2D eigenvalue weighted by Gasteiger charge is 2.31. The van der Waals surface area contributed by atoms with Gasteiger partial charge in [0, 0.05) is 6.08 Å². The lowest BCUT2D eigenvalue weighted by atomic mass is 9.97. The Kier molecular flexibility index (Phi) is 2.23. The topological polar surface area (TPSA) is 80.4 Å². The van der Waals surface area contributed by atoms with Crippen molar-refractivity contribution in [3.8, 4) is 0 Å². The number of rotatable bonds is 2. The summed E-state index contributed by atoms with van der Waals surface area (Å²) in [6.45, 7) is 0. The van der Waals surface area contributed by atoms with Crippen LogP contribution < -0.4 is 0 Å². The molecule has 0 heterocycles. The predicted octanol–water partition coefficient (Wildman–Crippen LogP) is 0.808. The number of hydrogen-bond donors (Lipinski definition) is 1. The largest absolute Gasteiger partial charge is 0.481 e. The summed E-state index contributed by atoms with van der Waals surface area (Å²) >= 11 is 0. The van der Waals surface area contributed by atoms with Crippen LogP contribution in [0.5, 0.6) is 0 Å². The molecule has 0 radical (unpaired) electrons. The maximum atomic E-state index is 10.5. The van der Waals surface area contributed by atoms with Crippen LogP contribution in [-0.2, 0) is 4.79 Å². The van der Waals surface area contributed by atoms with Gasteiger partial charge in [-0.1, -0.05) is 12.2 Å². The van der Waals surface area contributed by atoms with E-state index < -0.39 is 16.8 Å². The summed E-state index contributed by atoms with van der Waals surface area (Å²) in [5.74, 6) is -2.15. The summed E-state index contributed by atoms with van der Waals surface area (Å²) in [6, 6.07) is 0. The molecule has 0 bridgehead atoms. The molecule has 1 rings (SSSR count). The molecule has 1 aliphatic rings. The Labute approximate surface area is 68.2 Å². The first-order valence-corrected chi connectivity index (χ1v) is 3.37. The van der Waals surface area contributed by atoms with Crippen LogP contribution in [0, 0.1) is 16.0 Å². The smallest absolute Gasteiger partial charge is 0.317 e. The quantitative estimate of drug-likeness (QED) is 0.489. The van der Waals surface area contributed by atoms with E-state index in [9.17, 15) is 14.9 Å². The SMILES string of the molecule is O=C(O)C1CC=CC=C1[N+](=O)[O-]. The lowest BCUT2D eigenvalue weighted by Crippen LogP contribution is -2.21. The summed E-state index contributed by atoms with van der Waals surface area (Å²) in [7, 11) is 0. The van der Waals surface area contributed by atoms with E-state index in [0.29, 0.717) is 0 Å². The molecular formula is C7H7NO4. The highest BCUT2D eigenvalue weighted by molar-refractivity contribution is 5.73. The molecule has 1 unspecified atom stereocenters. The fourth-order valence-electron chi connectivity index (χ4n) is 1.03. The normalized spacial score (nSPS) is 21.7. The Balaban J connectivity index is 2.91. The monoisotopic (exact) mass is 169 g/mol. The van der Waals surface area contributed by atoms with Crippen LogP contribution >= 0.6 is 0 Å². The molecule has 12 heavy (non-hydrogen) atoms. The zero-order valence-corrected chi connectivity index (χ0v) is 6.14. The molecule has 0 fully saturated rings. The van der Waals surface area contributed by atoms with Crippen LogP contribution in [0.4, 0.5) is 0 Å². The van der Waals surface area contributed by atoms with Crippen LogP contribution in [-0.4, -0.2) is 16.0 Å². The second-order valence-corrected chi connectivity index (χ2v) is 2.40. The van der Waals surface area contributed by atoms with Crippen molar-refractivity contribution in [1.29, 1.82) is 0 Å². The number of carbonyl (C=O) groups is 1. The van der Waals surface area contributed by atoms with Gasteiger partial charge in [-0.15, -0.1) is 0 Å². The van der Waals surface area contributed by atoms with Crippen LogP contribution in [0.15, 0.2) is 23.9 Å². The van der Waals surface area contributed by atoms with E-state index in [1.54, 1.807) is 6.08 Å². The van der Waals surface area contributed by atoms with Crippen molar-refractivity contribution in [3.63, 3.8) is 0 Å². The number of aliphatic carboxylic acids is 1. The molecule has 1 aliphatic carbocycles. The van der Waals surface area contributed by atoms with Crippen molar-refractivity contribution in [2.75, 3.05) is 0 Å². The first-order valence-electron chi connectivity index (χ1n) is 3.37. The molecule has 0 aliphatic heterocycles. The Morgan fingerprint density at radius 3 is 2.83 bits per heavy atom. The van der Waals surface area contributed by atoms with Crippen LogP contribution in [0.3, 0.4) is 0 Å². The van der Waals surface area contributed by atoms with Crippen molar-refractivity contribution in [3.05, 3.63) is 34.0 Å². The fraction of sp³-hybridized carbons (Fsp3) is 0.286. The van der Waals surface area contributed by atoms with Gasteiger partial charge in [0.1, 0.15) is 0 Å². The molecule has 0 saturated carbocycles. The lowest BCUT2D eigenvalue weighted by Gasteiger charge is -2.08. The van der Waals surface area contributed by atoms with E-state index in [1.165, 1.54) is 12.2 Å². The van der Waals surface area contributed by atoms with E-state index in [-0.39, 0.29) is 12.1 Å². The minimum atomic E-state index is -1.15. The van der Waals surface area contributed by atoms with Crippen molar-refractivity contribution in [2.45, 2.75) is 6.42 Å². The van der Waals surface area contributed by atoms with Gasteiger partial charge in [0.2, 0.25) is 0 Å². The van der Waals surface area contributed by atoms with E-state index in [2.05, 4.69) is 0 Å². The van der Waals surface area contributed by atoms with E-state index in [0.717, 1.165) is 0 Å². The minimum Gasteiger partial charge on any atom is -0.481 e. The first-order chi connectivity index (χ1) is 5.63. The molecule has 64 valence electrons. The van der Waals surface area contributed by atoms with Gasteiger partial charge in [-0.05, 0) is 6.42 Å². The molecule has 1 atom stereocenters. The maximum absolute atomic E-state index is 10.5. The molecule has 0 aromatic heterocycles. The molecule has 0 amide bonds. The summed E-state index contributed by atoms with van der Waals surface area (Å²) in [4.78, 5) is 20.1. The summed E-state index contributed by atoms with van der Waals surface area (Å²) in [6.07, 6.45) is 4.52. The third-order valence-electron chi connectivity index (χ3n) is 1.64. The van der Waals surface area contributed by atoms with Gasteiger partial charge < -0.3 is 5.11 Å². The van der Waals surface area contributed by atoms with Gasteiger partial charge in [0.05, 0.1) is 4.92 Å². The van der Waals surface area contributed by atoms with Gasteiger partial charge in [-0.3, -0.25) is 14.9 Å². The highest BCUT2D eigenvalue weighted by Crippen LogP contribution is 2.20. The summed E-state index contributed by atoms with van der Waals surface area (Å²) < 4.78 is 0. The molecule has 0 aromatic carbocycles. The van der Waals surface area contributed by atoms with Gasteiger partial charge in [0.15, 0.2) is 5.92 Å². The lowest BCUT2D eigenvalue weighted by molar-refractivity contribution is -0.432. The molecule has 5 heteroatoms. The molecule has 0 saturated heterocycles. The van der Waals surface area contributed by atoms with Crippen LogP contribution in [0.25, 0.3) is 0 Å². The number of carboxylic acids is 1. The number of allylic oxidation sites excluding steroid dienone is 3. The second kappa shape index (κ2) is 3.17. The second-order valence-electron chi connectivity index (χ2n) is 2.40. The number of carboxylic acid groups (broad SMARTS) is 1. The highest BCUT2D eigenvalue weighted by atomic mass is 16.6. The Morgan fingerprint density at radius 2 is 2.42 bits per heavy atom. The Hall–Kier alpha value is -1.65. The number of nitro groups is 1. The zero-order valence-electron chi connectivity index (χ0n) is 6.14. The third-order valence-corrected chi connectivity index (χ3v) is 1.64. The van der Waals surface area contributed by atoms with Crippen molar-refractivity contribution in [2.24, 2.45) is 5.92 Å². The molecule has 1 N–H and O–H groups in total. The molecule has 0 aromatic rings. The first kappa shape index (κ1) is 8.45. The van der Waals surface area contributed by atoms with Gasteiger partial charge in [0.25, 0.3) is 5.70 Å². The zero-order chi connectivity index (χ0) is 9.14. The molecule has 5 nitrogen and oxygen atoms in total. The minimum absolute atomic E-state index is 0.197. The maximum Gasteiger partial charge on any atom is 0.317 e. The van der Waals surface area contributed by atoms with Crippen molar-refractivity contribution in [1.82, 2.24) is 0 Å². The van der Waals surface area contributed by atoms with E-state index in [4.69, 9.17) is 5.11 Å². The Morgan fingerprint density at radius 1 is 1.75 bits per heavy atom. The van der Waals surface area contributed by atoms with Crippen LogP contribution in [0.1, 0.15) is 6.42 Å². The van der Waals surface area contributed by atoms with Crippen molar-refractivity contribution < 1.29 is 14.8 Å². The number of hydrogen-bond acceptors (Lipinski definition) is 3. The number of nitrogens with zero attached hydrogens (tertiary/aromatic N) is 1. The van der Waals surface area contributed by atoms with Gasteiger partial charge in [-0.2, -0.15) is 0 Å². The van der Waals surface area contributed by atoms with Crippen LogP contribution in [0.2, 0.25) is 0 Å². The fourth-order valence-corrected chi connectivity index (χ4v) is 1.03. The third kappa shape index (κ3) is 1.50. The molecule has 0 spiro atoms. The Bertz CT molecular complexity index is 279. The van der Waals surface area contributed by atoms with Gasteiger partial charge >= 0.3 is 5.97 Å². The van der Waals surface area contributed by atoms with E-state index in [1.807, 2.05) is 0 Å². The average molecular weight is 169 g/mol. The van der Waals surface area contributed by atoms with E-state index >= 15 is 0 Å². The standard InChI is InChI=1S/C7H7NO4/c9-7(10)5-3-1-2-4-6(5)8(11)12/h1-2,4-5H,3H2,(H,9,10). The van der Waals surface area contributed by atoms with Gasteiger partial charge in [-0.25, -0.2) is 0 Å². The van der Waals surface area contributed by atoms with Crippen molar-refractivity contribution >= 4 is 5.97 Å². The molecular weight excluding hydrogens is 162 g/mol. The summed E-state index contributed by atoms with van der Waals surface area (Å²) in [5.41, 5.74) is -0.245.